The van der Waals surface area contributed by atoms with E-state index in [1.165, 1.54) is 0 Å². The summed E-state index contributed by atoms with van der Waals surface area (Å²) in [5.41, 5.74) is -1.25. The summed E-state index contributed by atoms with van der Waals surface area (Å²) in [6.45, 7) is 0. The fourth-order valence-corrected chi connectivity index (χ4v) is 0.597. The first kappa shape index (κ1) is 7.84. The number of hydrogen-bond acceptors (Lipinski definition) is 1. The lowest BCUT2D eigenvalue weighted by molar-refractivity contribution is -0.633. The fraction of sp³-hybridized carbons (Fsp3) is 0.167. The SMILES string of the molecule is [O-][n+]1[c]cccc1C(F)(F)F. The van der Waals surface area contributed by atoms with Gasteiger partial charge in [0, 0.05) is 12.1 Å². The standard InChI is InChI=1S/C6H3F3NO/c7-6(8,9)5-3-1-2-4-10(5)11/h1-3H. The molecule has 0 aromatic carbocycles. The van der Waals surface area contributed by atoms with E-state index in [1.54, 1.807) is 0 Å². The van der Waals surface area contributed by atoms with Crippen LogP contribution in [0.2, 0.25) is 0 Å². The molecule has 0 unspecified atom stereocenters. The molecule has 0 saturated heterocycles. The molecule has 0 atom stereocenters. The van der Waals surface area contributed by atoms with Gasteiger partial charge in [0.1, 0.15) is 0 Å². The molecule has 2 nitrogen and oxygen atoms in total. The highest BCUT2D eigenvalue weighted by molar-refractivity contribution is 5.00. The van der Waals surface area contributed by atoms with Crippen molar-refractivity contribution in [1.82, 2.24) is 0 Å². The molecule has 0 saturated carbocycles. The van der Waals surface area contributed by atoms with Gasteiger partial charge in [-0.2, -0.15) is 17.9 Å². The minimum Gasteiger partial charge on any atom is -0.618 e. The Bertz CT molecular complexity index is 258. The molecule has 0 spiro atoms. The molecule has 0 N–H and O–H groups in total. The zero-order valence-corrected chi connectivity index (χ0v) is 5.22. The number of pyridine rings is 1. The van der Waals surface area contributed by atoms with Crippen molar-refractivity contribution in [2.75, 3.05) is 0 Å². The van der Waals surface area contributed by atoms with Crippen molar-refractivity contribution in [3.8, 4) is 0 Å². The Morgan fingerprint density at radius 1 is 1.45 bits per heavy atom. The maximum atomic E-state index is 11.8. The second kappa shape index (κ2) is 2.41. The summed E-state index contributed by atoms with van der Waals surface area (Å²) < 4.78 is 35.1. The van der Waals surface area contributed by atoms with E-state index in [-0.39, 0.29) is 4.73 Å². The van der Waals surface area contributed by atoms with Crippen molar-refractivity contribution >= 4 is 0 Å². The largest absolute Gasteiger partial charge is 0.618 e. The van der Waals surface area contributed by atoms with Crippen molar-refractivity contribution < 1.29 is 17.9 Å². The first-order valence-electron chi connectivity index (χ1n) is 2.69. The monoisotopic (exact) mass is 162 g/mol. The Labute approximate surface area is 60.5 Å². The van der Waals surface area contributed by atoms with Gasteiger partial charge < -0.3 is 5.21 Å². The first-order chi connectivity index (χ1) is 5.02. The molecule has 0 aliphatic heterocycles. The van der Waals surface area contributed by atoms with Crippen LogP contribution in [0.5, 0.6) is 0 Å². The molecule has 5 heteroatoms. The number of nitrogens with zero attached hydrogens (tertiary/aromatic N) is 1. The zero-order chi connectivity index (χ0) is 8.48. The molecule has 1 heterocycles. The van der Waals surface area contributed by atoms with E-state index >= 15 is 0 Å². The normalized spacial score (nSPS) is 11.5. The molecule has 1 aromatic rings. The lowest BCUT2D eigenvalue weighted by atomic mass is 10.3. The minimum atomic E-state index is -4.60. The highest BCUT2D eigenvalue weighted by atomic mass is 19.4. The highest BCUT2D eigenvalue weighted by Crippen LogP contribution is 2.25. The number of rotatable bonds is 0. The second-order valence-electron chi connectivity index (χ2n) is 1.83. The van der Waals surface area contributed by atoms with Gasteiger partial charge in [-0.1, -0.05) is 0 Å². The van der Waals surface area contributed by atoms with E-state index in [0.717, 1.165) is 12.1 Å². The van der Waals surface area contributed by atoms with Crippen LogP contribution in [0.3, 0.4) is 0 Å². The van der Waals surface area contributed by atoms with E-state index in [0.29, 0.717) is 6.07 Å². The molecular formula is C6H3F3NO. The number of hydrogen-bond donors (Lipinski definition) is 0. The van der Waals surface area contributed by atoms with Crippen LogP contribution in [0.15, 0.2) is 18.2 Å². The van der Waals surface area contributed by atoms with Crippen molar-refractivity contribution in [2.45, 2.75) is 6.18 Å². The Balaban J connectivity index is 3.14. The molecule has 1 rings (SSSR count). The average Bonchev–Trinajstić information content (AvgIpc) is 1.86. The topological polar surface area (TPSA) is 26.9 Å². The Morgan fingerprint density at radius 3 is 2.45 bits per heavy atom. The summed E-state index contributed by atoms with van der Waals surface area (Å²) in [5.74, 6) is 0. The van der Waals surface area contributed by atoms with Crippen LogP contribution in [0, 0.1) is 11.4 Å². The van der Waals surface area contributed by atoms with Gasteiger partial charge in [0.2, 0.25) is 0 Å². The number of alkyl halides is 3. The summed E-state index contributed by atoms with van der Waals surface area (Å²) in [7, 11) is 0. The van der Waals surface area contributed by atoms with E-state index in [2.05, 4.69) is 0 Å². The van der Waals surface area contributed by atoms with Gasteiger partial charge in [0.05, 0.1) is 0 Å². The van der Waals surface area contributed by atoms with Crippen LogP contribution in [-0.2, 0) is 6.18 Å². The maximum Gasteiger partial charge on any atom is 0.478 e. The quantitative estimate of drug-likeness (QED) is 0.415. The Morgan fingerprint density at radius 2 is 2.09 bits per heavy atom. The van der Waals surface area contributed by atoms with Gasteiger partial charge in [0.25, 0.3) is 11.9 Å². The Hall–Kier alpha value is -1.26. The van der Waals surface area contributed by atoms with Crippen LogP contribution < -0.4 is 4.73 Å². The van der Waals surface area contributed by atoms with Crippen LogP contribution >= 0.6 is 0 Å². The molecule has 59 valence electrons. The van der Waals surface area contributed by atoms with E-state index < -0.39 is 11.9 Å². The predicted molar refractivity (Wildman–Crippen MR) is 29.2 cm³/mol. The third-order valence-corrected chi connectivity index (χ3v) is 1.05. The van der Waals surface area contributed by atoms with E-state index in [1.807, 2.05) is 6.20 Å². The first-order valence-corrected chi connectivity index (χ1v) is 2.69. The fourth-order valence-electron chi connectivity index (χ4n) is 0.597. The second-order valence-corrected chi connectivity index (χ2v) is 1.83. The molecule has 0 aliphatic carbocycles. The third kappa shape index (κ3) is 1.60. The smallest absolute Gasteiger partial charge is 0.478 e. The van der Waals surface area contributed by atoms with Gasteiger partial charge in [-0.25, -0.2) is 0 Å². The summed E-state index contributed by atoms with van der Waals surface area (Å²) >= 11 is 0. The van der Waals surface area contributed by atoms with Gasteiger partial charge in [-0.15, -0.1) is 0 Å². The highest BCUT2D eigenvalue weighted by Gasteiger charge is 2.39. The van der Waals surface area contributed by atoms with E-state index in [4.69, 9.17) is 0 Å². The van der Waals surface area contributed by atoms with Crippen molar-refractivity contribution in [2.24, 2.45) is 0 Å². The van der Waals surface area contributed by atoms with Crippen molar-refractivity contribution in [3.05, 3.63) is 35.3 Å². The average molecular weight is 162 g/mol. The molecule has 0 amide bonds. The van der Waals surface area contributed by atoms with Crippen molar-refractivity contribution in [3.63, 3.8) is 0 Å². The summed E-state index contributed by atoms with van der Waals surface area (Å²) in [6, 6.07) is 2.92. The van der Waals surface area contributed by atoms with Crippen LogP contribution in [-0.4, -0.2) is 0 Å². The lowest BCUT2D eigenvalue weighted by Crippen LogP contribution is -2.36. The molecule has 0 bridgehead atoms. The lowest BCUT2D eigenvalue weighted by Gasteiger charge is -2.04. The Kier molecular flexibility index (Phi) is 1.72. The molecule has 0 fully saturated rings. The van der Waals surface area contributed by atoms with Gasteiger partial charge in [-0.3, -0.25) is 0 Å². The predicted octanol–water partition coefficient (Wildman–Crippen LogP) is 1.14. The zero-order valence-electron chi connectivity index (χ0n) is 5.22. The molecule has 0 aliphatic rings. The van der Waals surface area contributed by atoms with Crippen molar-refractivity contribution in [1.29, 1.82) is 0 Å². The molecule has 1 aromatic heterocycles. The summed E-state index contributed by atoms with van der Waals surface area (Å²) in [5, 5.41) is 10.4. The maximum absolute atomic E-state index is 11.8. The number of halogens is 3. The number of aromatic nitrogens is 1. The minimum absolute atomic E-state index is 0.333. The van der Waals surface area contributed by atoms with Crippen LogP contribution in [0.25, 0.3) is 0 Å². The molecular weight excluding hydrogens is 159 g/mol. The van der Waals surface area contributed by atoms with Gasteiger partial charge >= 0.3 is 6.18 Å². The van der Waals surface area contributed by atoms with Crippen LogP contribution in [0.4, 0.5) is 13.2 Å². The van der Waals surface area contributed by atoms with Gasteiger partial charge in [0.15, 0.2) is 0 Å². The van der Waals surface area contributed by atoms with Gasteiger partial charge in [-0.05, 0) is 6.07 Å². The van der Waals surface area contributed by atoms with Crippen LogP contribution in [0.1, 0.15) is 5.69 Å². The summed E-state index contributed by atoms with van der Waals surface area (Å²) in [6.07, 6.45) is -2.75. The molecule has 11 heavy (non-hydrogen) atoms. The third-order valence-electron chi connectivity index (χ3n) is 1.05. The van der Waals surface area contributed by atoms with E-state index in [9.17, 15) is 18.4 Å². The molecule has 1 radical (unpaired) electrons. The summed E-state index contributed by atoms with van der Waals surface area (Å²) in [4.78, 5) is 0.